The maximum Gasteiger partial charge on any atom is 0.321 e. The van der Waals surface area contributed by atoms with Crippen LogP contribution in [0.15, 0.2) is 0 Å². The first kappa shape index (κ1) is 17.1. The molecule has 3 nitrogen and oxygen atoms in total. The van der Waals surface area contributed by atoms with Crippen molar-refractivity contribution in [3.8, 4) is 0 Å². The molecule has 0 spiro atoms. The maximum atomic E-state index is 5.89. The number of unbranched alkanes of at least 4 members (excludes halogenated alkanes) is 4. The van der Waals surface area contributed by atoms with Gasteiger partial charge in [-0.1, -0.05) is 39.5 Å². The van der Waals surface area contributed by atoms with Gasteiger partial charge in [0.2, 0.25) is 0 Å². The van der Waals surface area contributed by atoms with Gasteiger partial charge in [0.1, 0.15) is 0 Å². The van der Waals surface area contributed by atoms with Crippen molar-refractivity contribution in [3.63, 3.8) is 0 Å². The Hall–Kier alpha value is 0.0969. The molecule has 0 heterocycles. The van der Waals surface area contributed by atoms with Crippen LogP contribution < -0.4 is 5.73 Å². The van der Waals surface area contributed by atoms with Crippen molar-refractivity contribution >= 4 is 9.28 Å². The van der Waals surface area contributed by atoms with E-state index in [1.54, 1.807) is 0 Å². The highest BCUT2D eigenvalue weighted by Gasteiger charge is 2.12. The highest BCUT2D eigenvalue weighted by Crippen LogP contribution is 2.08. The topological polar surface area (TPSA) is 44.5 Å². The second-order valence-electron chi connectivity index (χ2n) is 4.52. The number of hydrogen-bond acceptors (Lipinski definition) is 3. The van der Waals surface area contributed by atoms with Crippen molar-refractivity contribution in [2.24, 2.45) is 5.73 Å². The lowest BCUT2D eigenvalue weighted by molar-refractivity contribution is 0.190. The molecular weight excluding hydrogens is 230 g/mol. The molecule has 0 aromatic carbocycles. The van der Waals surface area contributed by atoms with Gasteiger partial charge in [0, 0.05) is 13.2 Å². The van der Waals surface area contributed by atoms with Crippen LogP contribution in [0, 0.1) is 0 Å². The molecule has 0 aliphatic heterocycles. The van der Waals surface area contributed by atoms with Crippen molar-refractivity contribution in [2.75, 3.05) is 19.8 Å². The van der Waals surface area contributed by atoms with Gasteiger partial charge >= 0.3 is 9.28 Å². The Bertz CT molecular complexity index is 137. The normalized spacial score (nSPS) is 11.3. The smallest absolute Gasteiger partial charge is 0.321 e. The van der Waals surface area contributed by atoms with E-state index in [9.17, 15) is 0 Å². The molecule has 0 aromatic heterocycles. The first-order chi connectivity index (χ1) is 8.35. The number of rotatable bonds is 13. The predicted octanol–water partition coefficient (Wildman–Crippen LogP) is 2.97. The summed E-state index contributed by atoms with van der Waals surface area (Å²) in [5.41, 5.74) is 5.49. The summed E-state index contributed by atoms with van der Waals surface area (Å²) in [7, 11) is -1.38. The van der Waals surface area contributed by atoms with Crippen LogP contribution in [0.1, 0.15) is 58.8 Å². The van der Waals surface area contributed by atoms with Crippen molar-refractivity contribution in [3.05, 3.63) is 0 Å². The Morgan fingerprint density at radius 2 is 1.41 bits per heavy atom. The Morgan fingerprint density at radius 3 is 1.88 bits per heavy atom. The van der Waals surface area contributed by atoms with E-state index in [2.05, 4.69) is 13.8 Å². The molecule has 0 rings (SSSR count). The van der Waals surface area contributed by atoms with Gasteiger partial charge in [-0.3, -0.25) is 0 Å². The lowest BCUT2D eigenvalue weighted by Gasteiger charge is -2.16. The molecule has 0 saturated carbocycles. The van der Waals surface area contributed by atoms with Gasteiger partial charge < -0.3 is 14.6 Å². The zero-order chi connectivity index (χ0) is 12.8. The van der Waals surface area contributed by atoms with Gasteiger partial charge in [0.15, 0.2) is 0 Å². The molecule has 0 atom stereocenters. The van der Waals surface area contributed by atoms with Crippen LogP contribution in [0.3, 0.4) is 0 Å². The van der Waals surface area contributed by atoms with E-state index in [0.29, 0.717) is 0 Å². The maximum absolute atomic E-state index is 5.89. The van der Waals surface area contributed by atoms with Gasteiger partial charge in [-0.2, -0.15) is 0 Å². The van der Waals surface area contributed by atoms with E-state index in [1.165, 1.54) is 25.7 Å². The fraction of sp³-hybridized carbons (Fsp3) is 1.00. The summed E-state index contributed by atoms with van der Waals surface area (Å²) in [5, 5.41) is 0. The molecule has 0 bridgehead atoms. The summed E-state index contributed by atoms with van der Waals surface area (Å²) < 4.78 is 11.8. The summed E-state index contributed by atoms with van der Waals surface area (Å²) in [4.78, 5) is 0. The number of nitrogens with two attached hydrogens (primary N) is 1. The van der Waals surface area contributed by atoms with Crippen LogP contribution in [-0.2, 0) is 8.85 Å². The van der Waals surface area contributed by atoms with Crippen molar-refractivity contribution in [1.29, 1.82) is 0 Å². The van der Waals surface area contributed by atoms with Crippen molar-refractivity contribution in [2.45, 2.75) is 64.8 Å². The lowest BCUT2D eigenvalue weighted by atomic mass is 10.2. The molecule has 2 N–H and O–H groups in total. The fourth-order valence-corrected chi connectivity index (χ4v) is 3.48. The zero-order valence-electron chi connectivity index (χ0n) is 11.7. The minimum atomic E-state index is -1.38. The van der Waals surface area contributed by atoms with Gasteiger partial charge in [0.05, 0.1) is 0 Å². The molecule has 0 aliphatic carbocycles. The summed E-state index contributed by atoms with van der Waals surface area (Å²) in [6, 6.07) is 1.15. The molecule has 0 saturated heterocycles. The monoisotopic (exact) mass is 261 g/mol. The van der Waals surface area contributed by atoms with Crippen LogP contribution in [0.4, 0.5) is 0 Å². The van der Waals surface area contributed by atoms with E-state index in [-0.39, 0.29) is 0 Å². The average Bonchev–Trinajstić information content (AvgIpc) is 2.34. The molecule has 0 aromatic rings. The summed E-state index contributed by atoms with van der Waals surface area (Å²) in [5.74, 6) is 0. The molecule has 0 amide bonds. The zero-order valence-corrected chi connectivity index (χ0v) is 12.9. The standard InChI is InChI=1S/C13H31NO2Si/c1-3-5-11-15-17(16-12-6-4-2)13-9-7-8-10-14/h17H,3-14H2,1-2H3. The quantitative estimate of drug-likeness (QED) is 0.409. The molecule has 4 heteroatoms. The third-order valence-electron chi connectivity index (χ3n) is 2.75. The third kappa shape index (κ3) is 12.3. The first-order valence-corrected chi connectivity index (χ1v) is 9.04. The highest BCUT2D eigenvalue weighted by atomic mass is 28.3. The third-order valence-corrected chi connectivity index (χ3v) is 4.84. The predicted molar refractivity (Wildman–Crippen MR) is 76.6 cm³/mol. The Balaban J connectivity index is 3.60. The van der Waals surface area contributed by atoms with Gasteiger partial charge in [-0.15, -0.1) is 0 Å². The van der Waals surface area contributed by atoms with Gasteiger partial charge in [-0.25, -0.2) is 0 Å². The first-order valence-electron chi connectivity index (χ1n) is 7.28. The highest BCUT2D eigenvalue weighted by molar-refractivity contribution is 6.44. The van der Waals surface area contributed by atoms with E-state index in [0.717, 1.165) is 45.1 Å². The molecule has 0 fully saturated rings. The largest absolute Gasteiger partial charge is 0.397 e. The van der Waals surface area contributed by atoms with Crippen LogP contribution >= 0.6 is 0 Å². The fourth-order valence-electron chi connectivity index (χ4n) is 1.57. The molecule has 0 radical (unpaired) electrons. The van der Waals surface area contributed by atoms with E-state index in [1.807, 2.05) is 0 Å². The van der Waals surface area contributed by atoms with E-state index in [4.69, 9.17) is 14.6 Å². The second kappa shape index (κ2) is 14.2. The Labute approximate surface area is 109 Å². The van der Waals surface area contributed by atoms with Gasteiger partial charge in [0.25, 0.3) is 0 Å². The second-order valence-corrected chi connectivity index (χ2v) is 6.62. The van der Waals surface area contributed by atoms with Crippen LogP contribution in [-0.4, -0.2) is 29.0 Å². The molecule has 0 aliphatic rings. The molecule has 17 heavy (non-hydrogen) atoms. The summed E-state index contributed by atoms with van der Waals surface area (Å²) in [6.45, 7) is 6.96. The van der Waals surface area contributed by atoms with E-state index >= 15 is 0 Å². The minimum absolute atomic E-state index is 0.805. The Kier molecular flexibility index (Phi) is 14.2. The average molecular weight is 261 g/mol. The van der Waals surface area contributed by atoms with Gasteiger partial charge in [-0.05, 0) is 31.9 Å². The van der Waals surface area contributed by atoms with Crippen molar-refractivity contribution in [1.82, 2.24) is 0 Å². The minimum Gasteiger partial charge on any atom is -0.397 e. The summed E-state index contributed by atoms with van der Waals surface area (Å²) >= 11 is 0. The SMILES string of the molecule is CCCCO[SiH](CCCCCN)OCCCC. The Morgan fingerprint density at radius 1 is 0.824 bits per heavy atom. The number of hydrogen-bond donors (Lipinski definition) is 1. The van der Waals surface area contributed by atoms with Crippen LogP contribution in [0.5, 0.6) is 0 Å². The summed E-state index contributed by atoms with van der Waals surface area (Å²) in [6.07, 6.45) is 8.27. The van der Waals surface area contributed by atoms with Crippen LogP contribution in [0.25, 0.3) is 0 Å². The molecule has 104 valence electrons. The van der Waals surface area contributed by atoms with E-state index < -0.39 is 9.28 Å². The molecular formula is C13H31NO2Si. The van der Waals surface area contributed by atoms with Crippen LogP contribution in [0.2, 0.25) is 6.04 Å². The molecule has 0 unspecified atom stereocenters. The van der Waals surface area contributed by atoms with Crippen molar-refractivity contribution < 1.29 is 8.85 Å². The lowest BCUT2D eigenvalue weighted by Crippen LogP contribution is -2.24.